The fourth-order valence-corrected chi connectivity index (χ4v) is 2.74. The number of hydrogen-bond donors (Lipinski definition) is 0. The SMILES string of the molecule is COc1cccc(CCC(=O)N2CCOc3cc(F)ccc32)c1F. The Morgan fingerprint density at radius 2 is 2.12 bits per heavy atom. The zero-order valence-corrected chi connectivity index (χ0v) is 13.2. The first-order valence-electron chi connectivity index (χ1n) is 7.64. The average molecular weight is 333 g/mol. The number of ether oxygens (including phenoxy) is 2. The first kappa shape index (κ1) is 16.2. The highest BCUT2D eigenvalue weighted by atomic mass is 19.1. The van der Waals surface area contributed by atoms with Crippen LogP contribution in [0.3, 0.4) is 0 Å². The van der Waals surface area contributed by atoms with Crippen LogP contribution in [0.5, 0.6) is 11.5 Å². The van der Waals surface area contributed by atoms with Gasteiger partial charge in [-0.1, -0.05) is 12.1 Å². The highest BCUT2D eigenvalue weighted by molar-refractivity contribution is 5.95. The van der Waals surface area contributed by atoms with Gasteiger partial charge in [-0.3, -0.25) is 4.79 Å². The van der Waals surface area contributed by atoms with Crippen molar-refractivity contribution < 1.29 is 23.0 Å². The van der Waals surface area contributed by atoms with Crippen LogP contribution in [0, 0.1) is 11.6 Å². The number of rotatable bonds is 4. The summed E-state index contributed by atoms with van der Waals surface area (Å²) in [6, 6.07) is 8.93. The Morgan fingerprint density at radius 3 is 2.92 bits per heavy atom. The summed E-state index contributed by atoms with van der Waals surface area (Å²) < 4.78 is 37.7. The molecule has 0 bridgehead atoms. The van der Waals surface area contributed by atoms with Crippen LogP contribution in [0.15, 0.2) is 36.4 Å². The lowest BCUT2D eigenvalue weighted by molar-refractivity contribution is -0.118. The summed E-state index contributed by atoms with van der Waals surface area (Å²) >= 11 is 0. The molecule has 2 aromatic carbocycles. The largest absolute Gasteiger partial charge is 0.494 e. The summed E-state index contributed by atoms with van der Waals surface area (Å²) in [5.41, 5.74) is 0.967. The van der Waals surface area contributed by atoms with Gasteiger partial charge in [0.15, 0.2) is 11.6 Å². The van der Waals surface area contributed by atoms with E-state index in [1.807, 2.05) is 0 Å². The summed E-state index contributed by atoms with van der Waals surface area (Å²) in [6.45, 7) is 0.688. The highest BCUT2D eigenvalue weighted by Crippen LogP contribution is 2.32. The minimum atomic E-state index is -0.447. The minimum Gasteiger partial charge on any atom is -0.494 e. The van der Waals surface area contributed by atoms with E-state index in [-0.39, 0.29) is 24.5 Å². The standard InChI is InChI=1S/C18H17F2NO3/c1-23-15-4-2-3-12(18(15)20)5-8-17(22)21-9-10-24-16-11-13(19)6-7-14(16)21/h2-4,6-7,11H,5,8-10H2,1H3. The summed E-state index contributed by atoms with van der Waals surface area (Å²) in [7, 11) is 1.40. The molecule has 1 heterocycles. The molecule has 1 amide bonds. The Bertz CT molecular complexity index is 764. The molecule has 0 aliphatic carbocycles. The third-order valence-corrected chi connectivity index (χ3v) is 3.96. The number of amides is 1. The van der Waals surface area contributed by atoms with Crippen LogP contribution in [-0.2, 0) is 11.2 Å². The molecule has 0 N–H and O–H groups in total. The Labute approximate surface area is 138 Å². The number of halogens is 2. The topological polar surface area (TPSA) is 38.8 Å². The summed E-state index contributed by atoms with van der Waals surface area (Å²) in [6.07, 6.45) is 0.399. The second-order valence-corrected chi connectivity index (χ2v) is 5.44. The van der Waals surface area contributed by atoms with E-state index in [2.05, 4.69) is 0 Å². The predicted octanol–water partition coefficient (Wildman–Crippen LogP) is 3.33. The van der Waals surface area contributed by atoms with Crippen LogP contribution < -0.4 is 14.4 Å². The third-order valence-electron chi connectivity index (χ3n) is 3.96. The van der Waals surface area contributed by atoms with E-state index in [1.54, 1.807) is 17.0 Å². The van der Waals surface area contributed by atoms with Crippen LogP contribution in [0.1, 0.15) is 12.0 Å². The van der Waals surface area contributed by atoms with E-state index < -0.39 is 11.6 Å². The smallest absolute Gasteiger partial charge is 0.227 e. The summed E-state index contributed by atoms with van der Waals surface area (Å²) in [5.74, 6) is -0.513. The first-order chi connectivity index (χ1) is 11.6. The number of fused-ring (bicyclic) bond motifs is 1. The van der Waals surface area contributed by atoms with Crippen molar-refractivity contribution >= 4 is 11.6 Å². The quantitative estimate of drug-likeness (QED) is 0.861. The van der Waals surface area contributed by atoms with Crippen molar-refractivity contribution in [3.05, 3.63) is 53.6 Å². The van der Waals surface area contributed by atoms with Gasteiger partial charge in [0.05, 0.1) is 19.3 Å². The van der Waals surface area contributed by atoms with Gasteiger partial charge in [-0.25, -0.2) is 8.78 Å². The summed E-state index contributed by atoms with van der Waals surface area (Å²) in [4.78, 5) is 14.1. The van der Waals surface area contributed by atoms with Gasteiger partial charge in [0.25, 0.3) is 0 Å². The van der Waals surface area contributed by atoms with E-state index in [9.17, 15) is 13.6 Å². The normalized spacial score (nSPS) is 13.2. The maximum absolute atomic E-state index is 14.1. The van der Waals surface area contributed by atoms with Crippen molar-refractivity contribution in [3.63, 3.8) is 0 Å². The van der Waals surface area contributed by atoms with Crippen molar-refractivity contribution in [1.82, 2.24) is 0 Å². The van der Waals surface area contributed by atoms with Crippen LogP contribution in [0.2, 0.25) is 0 Å². The molecule has 0 radical (unpaired) electrons. The van der Waals surface area contributed by atoms with Gasteiger partial charge in [0, 0.05) is 12.5 Å². The van der Waals surface area contributed by atoms with Gasteiger partial charge in [-0.05, 0) is 30.2 Å². The van der Waals surface area contributed by atoms with Crippen molar-refractivity contribution in [2.24, 2.45) is 0 Å². The highest BCUT2D eigenvalue weighted by Gasteiger charge is 2.24. The van der Waals surface area contributed by atoms with Crippen molar-refractivity contribution in [3.8, 4) is 11.5 Å². The Morgan fingerprint density at radius 1 is 1.29 bits per heavy atom. The van der Waals surface area contributed by atoms with Gasteiger partial charge < -0.3 is 14.4 Å². The Balaban J connectivity index is 1.73. The number of nitrogens with zero attached hydrogens (tertiary/aromatic N) is 1. The molecule has 24 heavy (non-hydrogen) atoms. The molecule has 4 nitrogen and oxygen atoms in total. The molecule has 0 fully saturated rings. The number of anilines is 1. The lowest BCUT2D eigenvalue weighted by atomic mass is 10.1. The molecular formula is C18H17F2NO3. The lowest BCUT2D eigenvalue weighted by Gasteiger charge is -2.29. The third kappa shape index (κ3) is 3.18. The van der Waals surface area contributed by atoms with Crippen LogP contribution in [0.25, 0.3) is 0 Å². The second-order valence-electron chi connectivity index (χ2n) is 5.44. The molecule has 0 saturated carbocycles. The molecule has 0 unspecified atom stereocenters. The van der Waals surface area contributed by atoms with E-state index in [0.717, 1.165) is 0 Å². The minimum absolute atomic E-state index is 0.140. The molecule has 0 atom stereocenters. The number of aryl methyl sites for hydroxylation is 1. The fraction of sp³-hybridized carbons (Fsp3) is 0.278. The monoisotopic (exact) mass is 333 g/mol. The number of carbonyl (C=O) groups excluding carboxylic acids is 1. The molecule has 1 aliphatic heterocycles. The van der Waals surface area contributed by atoms with Gasteiger partial charge in [-0.15, -0.1) is 0 Å². The fourth-order valence-electron chi connectivity index (χ4n) is 2.74. The van der Waals surface area contributed by atoms with Crippen molar-refractivity contribution in [2.45, 2.75) is 12.8 Å². The van der Waals surface area contributed by atoms with Gasteiger partial charge in [-0.2, -0.15) is 0 Å². The molecule has 0 saturated heterocycles. The van der Waals surface area contributed by atoms with Gasteiger partial charge in [0.2, 0.25) is 5.91 Å². The van der Waals surface area contributed by atoms with Crippen molar-refractivity contribution in [1.29, 1.82) is 0 Å². The number of benzene rings is 2. The number of hydrogen-bond acceptors (Lipinski definition) is 3. The zero-order valence-electron chi connectivity index (χ0n) is 13.2. The van der Waals surface area contributed by atoms with E-state index in [1.165, 1.54) is 31.4 Å². The number of carbonyl (C=O) groups is 1. The molecular weight excluding hydrogens is 316 g/mol. The molecule has 1 aliphatic rings. The Kier molecular flexibility index (Phi) is 4.64. The number of methoxy groups -OCH3 is 1. The van der Waals surface area contributed by atoms with Crippen LogP contribution >= 0.6 is 0 Å². The maximum atomic E-state index is 14.1. The zero-order chi connectivity index (χ0) is 17.1. The van der Waals surface area contributed by atoms with Gasteiger partial charge in [0.1, 0.15) is 18.2 Å². The molecule has 2 aromatic rings. The van der Waals surface area contributed by atoms with E-state index >= 15 is 0 Å². The molecule has 3 rings (SSSR count). The first-order valence-corrected chi connectivity index (χ1v) is 7.64. The molecule has 126 valence electrons. The van der Waals surface area contributed by atoms with E-state index in [4.69, 9.17) is 9.47 Å². The second kappa shape index (κ2) is 6.86. The maximum Gasteiger partial charge on any atom is 0.227 e. The lowest BCUT2D eigenvalue weighted by Crippen LogP contribution is -2.38. The molecule has 0 aromatic heterocycles. The van der Waals surface area contributed by atoms with Crippen molar-refractivity contribution in [2.75, 3.05) is 25.2 Å². The summed E-state index contributed by atoms with van der Waals surface area (Å²) in [5, 5.41) is 0. The average Bonchev–Trinajstić information content (AvgIpc) is 2.59. The van der Waals surface area contributed by atoms with Gasteiger partial charge >= 0.3 is 0 Å². The van der Waals surface area contributed by atoms with Crippen LogP contribution in [-0.4, -0.2) is 26.2 Å². The molecule has 6 heteroatoms. The van der Waals surface area contributed by atoms with E-state index in [0.29, 0.717) is 30.2 Å². The Hall–Kier alpha value is -2.63. The van der Waals surface area contributed by atoms with Crippen LogP contribution in [0.4, 0.5) is 14.5 Å². The predicted molar refractivity (Wildman–Crippen MR) is 85.5 cm³/mol. The molecule has 0 spiro atoms.